The molecule has 0 aromatic rings. The van der Waals surface area contributed by atoms with Crippen LogP contribution in [0.25, 0.3) is 0 Å². The largest absolute Gasteiger partial charge is 0.472 e. The summed E-state index contributed by atoms with van der Waals surface area (Å²) in [5.41, 5.74) is 5.34. The van der Waals surface area contributed by atoms with E-state index in [2.05, 4.69) is 38.2 Å². The van der Waals surface area contributed by atoms with Crippen molar-refractivity contribution in [3.63, 3.8) is 0 Å². The molecular weight excluding hydrogens is 653 g/mol. The molecule has 0 aliphatic carbocycles. The molecule has 0 aliphatic rings. The Labute approximate surface area is 306 Å². The molecule has 1 unspecified atom stereocenters. The first kappa shape index (κ1) is 48.5. The lowest BCUT2D eigenvalue weighted by atomic mass is 10.0. The molecule has 3 N–H and O–H groups in total. The summed E-state index contributed by atoms with van der Waals surface area (Å²) in [5, 5.41) is 0. The van der Waals surface area contributed by atoms with Crippen molar-refractivity contribution >= 4 is 19.8 Å². The molecule has 0 heterocycles. The molecule has 0 bridgehead atoms. The van der Waals surface area contributed by atoms with Crippen LogP contribution in [0.3, 0.4) is 0 Å². The SMILES string of the molecule is CCCCC/C=C\C/C=C\CCCCCCCCCC(=O)O[C@H](COC(=O)CCCCCCCCCCCCCC)COP(=O)(O)OCCN. The topological polar surface area (TPSA) is 134 Å². The van der Waals surface area contributed by atoms with E-state index in [1.165, 1.54) is 103 Å². The van der Waals surface area contributed by atoms with Crippen LogP contribution in [0.5, 0.6) is 0 Å². The molecule has 294 valence electrons. The highest BCUT2D eigenvalue weighted by Crippen LogP contribution is 2.43. The quantitative estimate of drug-likeness (QED) is 0.0275. The molecule has 0 radical (unpaired) electrons. The molecule has 50 heavy (non-hydrogen) atoms. The molecule has 0 spiro atoms. The maximum Gasteiger partial charge on any atom is 0.472 e. The van der Waals surface area contributed by atoms with E-state index in [0.29, 0.717) is 6.42 Å². The van der Waals surface area contributed by atoms with Gasteiger partial charge in [-0.15, -0.1) is 0 Å². The van der Waals surface area contributed by atoms with Crippen LogP contribution in [0.4, 0.5) is 0 Å². The summed E-state index contributed by atoms with van der Waals surface area (Å²) in [6.45, 7) is 3.70. The van der Waals surface area contributed by atoms with Crippen LogP contribution in [0.2, 0.25) is 0 Å². The maximum absolute atomic E-state index is 12.5. The number of allylic oxidation sites excluding steroid dienone is 4. The Morgan fingerprint density at radius 1 is 0.600 bits per heavy atom. The number of unbranched alkanes of at least 4 members (excludes halogenated alkanes) is 21. The van der Waals surface area contributed by atoms with Gasteiger partial charge < -0.3 is 20.1 Å². The summed E-state index contributed by atoms with van der Waals surface area (Å²) in [5.74, 6) is -0.833. The third kappa shape index (κ3) is 36.3. The minimum absolute atomic E-state index is 0.0533. The van der Waals surface area contributed by atoms with Gasteiger partial charge in [0, 0.05) is 19.4 Å². The van der Waals surface area contributed by atoms with Crippen LogP contribution in [0, 0.1) is 0 Å². The number of rotatable bonds is 38. The van der Waals surface area contributed by atoms with E-state index in [4.69, 9.17) is 24.3 Å². The first-order chi connectivity index (χ1) is 24.3. The van der Waals surface area contributed by atoms with Crippen LogP contribution in [-0.4, -0.2) is 49.3 Å². The Bertz CT molecular complexity index is 881. The van der Waals surface area contributed by atoms with Gasteiger partial charge in [0.25, 0.3) is 0 Å². The Morgan fingerprint density at radius 3 is 1.56 bits per heavy atom. The van der Waals surface area contributed by atoms with Gasteiger partial charge in [-0.25, -0.2) is 4.57 Å². The summed E-state index contributed by atoms with van der Waals surface area (Å²) < 4.78 is 32.7. The number of nitrogens with two attached hydrogens (primary N) is 1. The fraction of sp³-hybridized carbons (Fsp3) is 0.850. The van der Waals surface area contributed by atoms with Gasteiger partial charge in [0.1, 0.15) is 6.61 Å². The molecule has 0 rings (SSSR count). The highest BCUT2D eigenvalue weighted by Gasteiger charge is 2.26. The summed E-state index contributed by atoms with van der Waals surface area (Å²) in [7, 11) is -4.37. The molecule has 0 saturated carbocycles. The van der Waals surface area contributed by atoms with Crippen molar-refractivity contribution in [2.75, 3.05) is 26.4 Å². The van der Waals surface area contributed by atoms with Gasteiger partial charge in [-0.05, 0) is 44.9 Å². The van der Waals surface area contributed by atoms with Crippen molar-refractivity contribution in [3.05, 3.63) is 24.3 Å². The van der Waals surface area contributed by atoms with Crippen LogP contribution in [0.15, 0.2) is 24.3 Å². The van der Waals surface area contributed by atoms with Crippen molar-refractivity contribution < 1.29 is 37.6 Å². The summed E-state index contributed by atoms with van der Waals surface area (Å²) in [6, 6.07) is 0. The third-order valence-electron chi connectivity index (χ3n) is 8.59. The van der Waals surface area contributed by atoms with Crippen molar-refractivity contribution in [2.45, 2.75) is 193 Å². The van der Waals surface area contributed by atoms with E-state index in [1.54, 1.807) is 0 Å². The van der Waals surface area contributed by atoms with Gasteiger partial charge in [0.15, 0.2) is 6.10 Å². The van der Waals surface area contributed by atoms with Crippen LogP contribution in [-0.2, 0) is 32.7 Å². The molecular formula is C40H76NO8P. The fourth-order valence-electron chi connectivity index (χ4n) is 5.55. The second kappa shape index (κ2) is 37.3. The smallest absolute Gasteiger partial charge is 0.462 e. The van der Waals surface area contributed by atoms with E-state index in [0.717, 1.165) is 51.4 Å². The number of esters is 2. The van der Waals surface area contributed by atoms with Crippen molar-refractivity contribution in [1.82, 2.24) is 0 Å². The molecule has 0 amide bonds. The standard InChI is InChI=1S/C40H76NO8P/c1-3-5-7-9-11-13-15-17-18-19-20-21-23-25-27-29-31-33-40(43)49-38(37-48-50(44,45)47-35-34-41)36-46-39(42)32-30-28-26-24-22-16-14-12-10-8-6-4-2/h11,13,17-18,38H,3-10,12,14-16,19-37,41H2,1-2H3,(H,44,45)/b13-11-,18-17-/t38-/m1/s1. The second-order valence-corrected chi connectivity index (χ2v) is 15.0. The number of phosphoric ester groups is 1. The molecule has 9 nitrogen and oxygen atoms in total. The first-order valence-electron chi connectivity index (χ1n) is 20.3. The van der Waals surface area contributed by atoms with Gasteiger partial charge in [-0.2, -0.15) is 0 Å². The zero-order chi connectivity index (χ0) is 36.8. The Kier molecular flexibility index (Phi) is 36.1. The van der Waals surface area contributed by atoms with E-state index >= 15 is 0 Å². The summed E-state index contributed by atoms with van der Waals surface area (Å²) in [6.07, 6.45) is 37.7. The number of phosphoric acid groups is 1. The van der Waals surface area contributed by atoms with E-state index in [9.17, 15) is 19.0 Å². The molecule has 0 aromatic heterocycles. The van der Waals surface area contributed by atoms with Gasteiger partial charge >= 0.3 is 19.8 Å². The summed E-state index contributed by atoms with van der Waals surface area (Å²) >= 11 is 0. The second-order valence-electron chi connectivity index (χ2n) is 13.5. The lowest BCUT2D eigenvalue weighted by Crippen LogP contribution is -2.29. The van der Waals surface area contributed by atoms with Gasteiger partial charge in [0.2, 0.25) is 0 Å². The van der Waals surface area contributed by atoms with Gasteiger partial charge in [-0.1, -0.05) is 154 Å². The normalized spacial score (nSPS) is 13.6. The number of hydrogen-bond acceptors (Lipinski definition) is 8. The predicted octanol–water partition coefficient (Wildman–Crippen LogP) is 11.2. The van der Waals surface area contributed by atoms with Crippen molar-refractivity contribution in [3.8, 4) is 0 Å². The van der Waals surface area contributed by atoms with E-state index in [-0.39, 0.29) is 38.6 Å². The van der Waals surface area contributed by atoms with Gasteiger partial charge in [-0.3, -0.25) is 18.6 Å². The van der Waals surface area contributed by atoms with Crippen LogP contribution >= 0.6 is 7.82 Å². The molecule has 10 heteroatoms. The molecule has 0 aromatic carbocycles. The van der Waals surface area contributed by atoms with E-state index < -0.39 is 26.5 Å². The number of hydrogen-bond donors (Lipinski definition) is 2. The highest BCUT2D eigenvalue weighted by molar-refractivity contribution is 7.47. The first-order valence-corrected chi connectivity index (χ1v) is 21.8. The van der Waals surface area contributed by atoms with Crippen molar-refractivity contribution in [2.24, 2.45) is 5.73 Å². The van der Waals surface area contributed by atoms with E-state index in [1.807, 2.05) is 0 Å². The lowest BCUT2D eigenvalue weighted by molar-refractivity contribution is -0.161. The fourth-order valence-corrected chi connectivity index (χ4v) is 6.31. The third-order valence-corrected chi connectivity index (χ3v) is 9.57. The monoisotopic (exact) mass is 730 g/mol. The average molecular weight is 730 g/mol. The Hall–Kier alpha value is -1.51. The Morgan fingerprint density at radius 2 is 1.04 bits per heavy atom. The predicted molar refractivity (Wildman–Crippen MR) is 206 cm³/mol. The summed E-state index contributed by atoms with van der Waals surface area (Å²) in [4.78, 5) is 34.7. The number of carbonyl (C=O) groups is 2. The Balaban J connectivity index is 4.18. The molecule has 0 fully saturated rings. The number of ether oxygens (including phenoxy) is 2. The minimum Gasteiger partial charge on any atom is -0.462 e. The lowest BCUT2D eigenvalue weighted by Gasteiger charge is -2.19. The zero-order valence-electron chi connectivity index (χ0n) is 32.1. The minimum atomic E-state index is -4.37. The molecule has 0 saturated heterocycles. The number of carbonyl (C=O) groups excluding carboxylic acids is 2. The molecule has 2 atom stereocenters. The van der Waals surface area contributed by atoms with Crippen molar-refractivity contribution in [1.29, 1.82) is 0 Å². The van der Waals surface area contributed by atoms with Crippen LogP contribution < -0.4 is 5.73 Å². The zero-order valence-corrected chi connectivity index (χ0v) is 33.0. The van der Waals surface area contributed by atoms with Gasteiger partial charge in [0.05, 0.1) is 13.2 Å². The highest BCUT2D eigenvalue weighted by atomic mass is 31.2. The molecule has 0 aliphatic heterocycles. The van der Waals surface area contributed by atoms with Crippen LogP contribution in [0.1, 0.15) is 187 Å². The average Bonchev–Trinajstić information content (AvgIpc) is 3.10. The maximum atomic E-state index is 12.5.